The summed E-state index contributed by atoms with van der Waals surface area (Å²) >= 11 is 0. The number of rotatable bonds is 12. The van der Waals surface area contributed by atoms with Crippen LogP contribution in [0, 0.1) is 6.92 Å². The van der Waals surface area contributed by atoms with Crippen molar-refractivity contribution in [2.45, 2.75) is 33.9 Å². The minimum atomic E-state index is 0.280. The number of likely N-dealkylation sites (N-methyl/N-ethyl adjacent to an activating group) is 1. The Morgan fingerprint density at radius 3 is 2.48 bits per heavy atom. The summed E-state index contributed by atoms with van der Waals surface area (Å²) in [6.07, 6.45) is 5.32. The van der Waals surface area contributed by atoms with Crippen LogP contribution in [0.15, 0.2) is 72.7 Å². The van der Waals surface area contributed by atoms with Gasteiger partial charge in [-0.15, -0.1) is 0 Å². The van der Waals surface area contributed by atoms with Crippen LogP contribution < -0.4 is 26.4 Å². The molecule has 0 saturated heterocycles. The molecule has 0 aliphatic rings. The van der Waals surface area contributed by atoms with Crippen LogP contribution in [0.5, 0.6) is 5.75 Å². The maximum absolute atomic E-state index is 9.85. The molecular formula is C26H40N4O3. The lowest BCUT2D eigenvalue weighted by Crippen LogP contribution is -2.19. The summed E-state index contributed by atoms with van der Waals surface area (Å²) in [5.41, 5.74) is 10.1. The van der Waals surface area contributed by atoms with Gasteiger partial charge < -0.3 is 31.2 Å². The second-order valence-electron chi connectivity index (χ2n) is 6.64. The van der Waals surface area contributed by atoms with E-state index in [0.717, 1.165) is 23.6 Å². The van der Waals surface area contributed by atoms with E-state index >= 15 is 0 Å². The molecule has 0 spiro atoms. The molecule has 0 heterocycles. The summed E-state index contributed by atoms with van der Waals surface area (Å²) in [6, 6.07) is 16.2. The summed E-state index contributed by atoms with van der Waals surface area (Å²) in [7, 11) is 3.52. The average molecular weight is 457 g/mol. The van der Waals surface area contributed by atoms with E-state index in [4.69, 9.17) is 10.5 Å². The van der Waals surface area contributed by atoms with Crippen LogP contribution in [0.1, 0.15) is 30.5 Å². The van der Waals surface area contributed by atoms with Gasteiger partial charge in [-0.1, -0.05) is 61.9 Å². The molecule has 2 aromatic carbocycles. The van der Waals surface area contributed by atoms with E-state index in [0.29, 0.717) is 19.6 Å². The first-order valence-electron chi connectivity index (χ1n) is 11.0. The second-order valence-corrected chi connectivity index (χ2v) is 6.64. The van der Waals surface area contributed by atoms with Crippen molar-refractivity contribution < 1.29 is 14.3 Å². The molecule has 0 atom stereocenters. The Bertz CT molecular complexity index is 823. The molecule has 182 valence electrons. The Kier molecular flexibility index (Phi) is 18.3. The molecule has 33 heavy (non-hydrogen) atoms. The van der Waals surface area contributed by atoms with Crippen LogP contribution in [0.25, 0.3) is 0 Å². The molecule has 7 heteroatoms. The lowest BCUT2D eigenvalue weighted by atomic mass is 10.1. The van der Waals surface area contributed by atoms with Crippen molar-refractivity contribution in [1.29, 1.82) is 0 Å². The number of benzene rings is 2. The van der Waals surface area contributed by atoms with E-state index in [2.05, 4.69) is 51.9 Å². The van der Waals surface area contributed by atoms with Gasteiger partial charge in [0, 0.05) is 37.1 Å². The lowest BCUT2D eigenvalue weighted by molar-refractivity contribution is -0.127. The number of carbonyl (C=O) groups excluding carboxylic acids is 1. The number of ether oxygens (including phenoxy) is 2. The van der Waals surface area contributed by atoms with Crippen LogP contribution in [0.2, 0.25) is 0 Å². The Morgan fingerprint density at radius 2 is 1.82 bits per heavy atom. The number of aryl methyl sites for hydroxylation is 1. The third kappa shape index (κ3) is 15.1. The van der Waals surface area contributed by atoms with E-state index in [1.807, 2.05) is 51.4 Å². The van der Waals surface area contributed by atoms with Crippen molar-refractivity contribution >= 4 is 6.47 Å². The van der Waals surface area contributed by atoms with E-state index < -0.39 is 0 Å². The van der Waals surface area contributed by atoms with Gasteiger partial charge in [0.2, 0.25) is 0 Å². The Morgan fingerprint density at radius 1 is 1.06 bits per heavy atom. The highest BCUT2D eigenvalue weighted by Crippen LogP contribution is 2.16. The molecular weight excluding hydrogens is 416 g/mol. The van der Waals surface area contributed by atoms with Gasteiger partial charge in [0.15, 0.2) is 0 Å². The van der Waals surface area contributed by atoms with Crippen LogP contribution in [0.3, 0.4) is 0 Å². The van der Waals surface area contributed by atoms with E-state index in [1.165, 1.54) is 11.1 Å². The van der Waals surface area contributed by atoms with Crippen molar-refractivity contribution in [3.05, 3.63) is 89.4 Å². The van der Waals surface area contributed by atoms with Gasteiger partial charge in [-0.2, -0.15) is 0 Å². The highest BCUT2D eigenvalue weighted by molar-refractivity contribution is 5.37. The van der Waals surface area contributed by atoms with Gasteiger partial charge in [0.1, 0.15) is 12.4 Å². The van der Waals surface area contributed by atoms with Gasteiger partial charge in [0.25, 0.3) is 6.47 Å². The van der Waals surface area contributed by atoms with E-state index in [-0.39, 0.29) is 6.61 Å². The fraction of sp³-hybridized carbons (Fsp3) is 0.346. The average Bonchev–Trinajstić information content (AvgIpc) is 2.83. The zero-order chi connectivity index (χ0) is 24.7. The maximum Gasteiger partial charge on any atom is 0.293 e. The number of nitrogens with one attached hydrogen (secondary N) is 3. The third-order valence-electron chi connectivity index (χ3n) is 4.04. The standard InChI is InChI=1S/C12H19N3.C12H15NO3.C2H6/c1-10-4-3-5-11(6-10)7-15-9-12(13)8-14-2;1-15-12-6-3-2-5-11(12)9-13-7-4-8-16-10-14;1-2/h3-6,9,14-15H,7-8,13H2,1-2H3;2-7,10,13H,8-9H2,1H3;1-2H3/b12-9-;7-4+;. The Balaban J connectivity index is 0.000000578. The fourth-order valence-corrected chi connectivity index (χ4v) is 2.62. The number of hydrogen-bond donors (Lipinski definition) is 4. The quantitative estimate of drug-likeness (QED) is 0.286. The first kappa shape index (κ1) is 29.5. The summed E-state index contributed by atoms with van der Waals surface area (Å²) in [5, 5.41) is 9.26. The van der Waals surface area contributed by atoms with Gasteiger partial charge in [-0.05, 0) is 37.9 Å². The third-order valence-corrected chi connectivity index (χ3v) is 4.04. The molecule has 2 rings (SSSR count). The van der Waals surface area contributed by atoms with Gasteiger partial charge in [-0.3, -0.25) is 4.79 Å². The van der Waals surface area contributed by atoms with Crippen molar-refractivity contribution in [3.63, 3.8) is 0 Å². The van der Waals surface area contributed by atoms with Crippen LogP contribution in [0.4, 0.5) is 0 Å². The number of nitrogens with two attached hydrogens (primary N) is 1. The van der Waals surface area contributed by atoms with E-state index in [1.54, 1.807) is 19.4 Å². The molecule has 0 fully saturated rings. The molecule has 7 nitrogen and oxygen atoms in total. The number of methoxy groups -OCH3 is 1. The largest absolute Gasteiger partial charge is 0.496 e. The minimum Gasteiger partial charge on any atom is -0.496 e. The van der Waals surface area contributed by atoms with Gasteiger partial charge >= 0.3 is 0 Å². The molecule has 5 N–H and O–H groups in total. The molecule has 0 aliphatic carbocycles. The molecule has 0 aliphatic heterocycles. The topological polar surface area (TPSA) is 97.6 Å². The molecule has 0 unspecified atom stereocenters. The van der Waals surface area contributed by atoms with Crippen LogP contribution in [-0.4, -0.2) is 33.8 Å². The normalized spacial score (nSPS) is 10.3. The fourth-order valence-electron chi connectivity index (χ4n) is 2.62. The van der Waals surface area contributed by atoms with E-state index in [9.17, 15) is 4.79 Å². The number of hydrogen-bond acceptors (Lipinski definition) is 7. The lowest BCUT2D eigenvalue weighted by Gasteiger charge is -2.07. The van der Waals surface area contributed by atoms with Gasteiger partial charge in [0.05, 0.1) is 7.11 Å². The van der Waals surface area contributed by atoms with Crippen molar-refractivity contribution in [2.24, 2.45) is 5.73 Å². The molecule has 2 aromatic rings. The van der Waals surface area contributed by atoms with Crippen LogP contribution >= 0.6 is 0 Å². The molecule has 0 saturated carbocycles. The van der Waals surface area contributed by atoms with Crippen molar-refractivity contribution in [1.82, 2.24) is 16.0 Å². The summed E-state index contributed by atoms with van der Waals surface area (Å²) < 4.78 is 9.70. The number of carbonyl (C=O) groups is 1. The van der Waals surface area contributed by atoms with Crippen molar-refractivity contribution in [3.8, 4) is 5.75 Å². The van der Waals surface area contributed by atoms with Crippen LogP contribution in [-0.2, 0) is 22.6 Å². The molecule has 0 amide bonds. The summed E-state index contributed by atoms with van der Waals surface area (Å²) in [6.45, 7) is 8.98. The highest BCUT2D eigenvalue weighted by Gasteiger charge is 1.98. The monoisotopic (exact) mass is 456 g/mol. The van der Waals surface area contributed by atoms with Gasteiger partial charge in [-0.25, -0.2) is 0 Å². The molecule has 0 radical (unpaired) electrons. The summed E-state index contributed by atoms with van der Waals surface area (Å²) in [5.74, 6) is 0.854. The Hall–Kier alpha value is -3.45. The molecule has 0 aromatic heterocycles. The predicted molar refractivity (Wildman–Crippen MR) is 137 cm³/mol. The summed E-state index contributed by atoms with van der Waals surface area (Å²) in [4.78, 5) is 9.85. The SMILES string of the molecule is CC.CNC/C(N)=C/NCc1cccc(C)c1.COc1ccccc1CN/C=C/COC=O. The molecule has 0 bridgehead atoms. The highest BCUT2D eigenvalue weighted by atomic mass is 16.5. The zero-order valence-corrected chi connectivity index (χ0v) is 20.6. The Labute approximate surface area is 199 Å². The number of para-hydroxylation sites is 1. The minimum absolute atomic E-state index is 0.280. The first-order valence-corrected chi connectivity index (χ1v) is 11.0. The smallest absolute Gasteiger partial charge is 0.293 e. The first-order chi connectivity index (χ1) is 16.1. The zero-order valence-electron chi connectivity index (χ0n) is 20.6. The second kappa shape index (κ2) is 20.5. The predicted octanol–water partition coefficient (Wildman–Crippen LogP) is 3.60. The maximum atomic E-state index is 9.85. The van der Waals surface area contributed by atoms with Crippen molar-refractivity contribution in [2.75, 3.05) is 27.3 Å².